The second kappa shape index (κ2) is 6.55. The molecule has 1 rings (SSSR count). The summed E-state index contributed by atoms with van der Waals surface area (Å²) < 4.78 is 0.878. The van der Waals surface area contributed by atoms with Gasteiger partial charge in [-0.05, 0) is 40.1 Å². The average molecular weight is 308 g/mol. The molecule has 0 radical (unpaired) electrons. The Balaban J connectivity index is 2.34. The van der Waals surface area contributed by atoms with E-state index in [2.05, 4.69) is 34.4 Å². The Morgan fingerprint density at radius 1 is 1.73 bits per heavy atom. The summed E-state index contributed by atoms with van der Waals surface area (Å²) in [5, 5.41) is 5.42. The van der Waals surface area contributed by atoms with Gasteiger partial charge in [0.15, 0.2) is 0 Å². The molecule has 1 amide bonds. The van der Waals surface area contributed by atoms with Gasteiger partial charge in [0.1, 0.15) is 4.88 Å². The minimum atomic E-state index is 0.0187. The number of nitrogens with one attached hydrogen (secondary N) is 1. The first-order chi connectivity index (χ1) is 7.15. The van der Waals surface area contributed by atoms with Crippen LogP contribution in [0.3, 0.4) is 0 Å². The first kappa shape index (κ1) is 13.1. The minimum Gasteiger partial charge on any atom is -0.351 e. The third-order valence-electron chi connectivity index (χ3n) is 2.06. The molecule has 0 aliphatic carbocycles. The molecule has 5 heteroatoms. The van der Waals surface area contributed by atoms with E-state index in [9.17, 15) is 4.79 Å². The van der Waals surface area contributed by atoms with E-state index < -0.39 is 0 Å². The molecule has 0 saturated heterocycles. The summed E-state index contributed by atoms with van der Waals surface area (Å²) >= 11 is 6.62. The monoisotopic (exact) mass is 307 g/mol. The third-order valence-corrected chi connectivity index (χ3v) is 4.94. The lowest BCUT2D eigenvalue weighted by Crippen LogP contribution is -2.25. The predicted molar refractivity (Wildman–Crippen MR) is 71.9 cm³/mol. The van der Waals surface area contributed by atoms with Crippen molar-refractivity contribution in [3.63, 3.8) is 0 Å². The highest BCUT2D eigenvalue weighted by atomic mass is 79.9. The number of carbonyl (C=O) groups is 1. The van der Waals surface area contributed by atoms with E-state index in [-0.39, 0.29) is 5.91 Å². The quantitative estimate of drug-likeness (QED) is 0.903. The zero-order chi connectivity index (χ0) is 11.3. The minimum absolute atomic E-state index is 0.0187. The molecule has 0 fully saturated rings. The lowest BCUT2D eigenvalue weighted by Gasteiger charge is -2.08. The van der Waals surface area contributed by atoms with Gasteiger partial charge in [0.2, 0.25) is 0 Å². The van der Waals surface area contributed by atoms with Crippen LogP contribution in [0.1, 0.15) is 23.0 Å². The average Bonchev–Trinajstić information content (AvgIpc) is 2.64. The van der Waals surface area contributed by atoms with Gasteiger partial charge in [0, 0.05) is 16.3 Å². The zero-order valence-corrected chi connectivity index (χ0v) is 12.0. The fraction of sp³-hybridized carbons (Fsp3) is 0.500. The maximum Gasteiger partial charge on any atom is 0.262 e. The van der Waals surface area contributed by atoms with Gasteiger partial charge >= 0.3 is 0 Å². The van der Waals surface area contributed by atoms with Crippen LogP contribution in [0, 0.1) is 0 Å². The molecule has 15 heavy (non-hydrogen) atoms. The van der Waals surface area contributed by atoms with Crippen molar-refractivity contribution in [2.45, 2.75) is 18.6 Å². The van der Waals surface area contributed by atoms with Crippen molar-refractivity contribution in [3.05, 3.63) is 20.8 Å². The smallest absolute Gasteiger partial charge is 0.262 e. The number of rotatable bonds is 5. The molecule has 0 aliphatic heterocycles. The molecule has 0 saturated carbocycles. The molecule has 0 spiro atoms. The summed E-state index contributed by atoms with van der Waals surface area (Å²) in [6.45, 7) is 2.91. The van der Waals surface area contributed by atoms with E-state index in [0.29, 0.717) is 5.25 Å². The fourth-order valence-corrected chi connectivity index (χ4v) is 2.86. The van der Waals surface area contributed by atoms with Crippen molar-refractivity contribution in [1.82, 2.24) is 5.32 Å². The van der Waals surface area contributed by atoms with Crippen LogP contribution in [0.25, 0.3) is 0 Å². The molecule has 1 atom stereocenters. The number of amides is 1. The third kappa shape index (κ3) is 4.17. The van der Waals surface area contributed by atoms with Crippen LogP contribution in [0.4, 0.5) is 0 Å². The van der Waals surface area contributed by atoms with E-state index in [0.717, 1.165) is 22.3 Å². The van der Waals surface area contributed by atoms with Gasteiger partial charge in [0.05, 0.1) is 0 Å². The lowest BCUT2D eigenvalue weighted by molar-refractivity contribution is 0.0956. The van der Waals surface area contributed by atoms with E-state index >= 15 is 0 Å². The number of hydrogen-bond acceptors (Lipinski definition) is 3. The highest BCUT2D eigenvalue weighted by Gasteiger charge is 2.10. The Hall–Kier alpha value is -0.000000000000000111. The Morgan fingerprint density at radius 3 is 3.00 bits per heavy atom. The predicted octanol–water partition coefficient (Wildman–Crippen LogP) is 3.38. The summed E-state index contributed by atoms with van der Waals surface area (Å²) in [4.78, 5) is 12.4. The molecular formula is C10H14BrNOS2. The van der Waals surface area contributed by atoms with Crippen LogP contribution in [-0.4, -0.2) is 24.0 Å². The first-order valence-corrected chi connectivity index (χ1v) is 7.65. The SMILES string of the molecule is CSC(C)CCNC(=O)c1sccc1Br. The summed E-state index contributed by atoms with van der Waals surface area (Å²) in [5.41, 5.74) is 0. The molecule has 1 unspecified atom stereocenters. The summed E-state index contributed by atoms with van der Waals surface area (Å²) in [7, 11) is 0. The van der Waals surface area contributed by atoms with E-state index in [1.54, 1.807) is 0 Å². The van der Waals surface area contributed by atoms with Crippen molar-refractivity contribution in [1.29, 1.82) is 0 Å². The number of thiophene rings is 1. The number of halogens is 1. The van der Waals surface area contributed by atoms with Crippen molar-refractivity contribution in [2.24, 2.45) is 0 Å². The zero-order valence-electron chi connectivity index (χ0n) is 8.75. The van der Waals surface area contributed by atoms with Gasteiger partial charge in [0.25, 0.3) is 5.91 Å². The van der Waals surface area contributed by atoms with Crippen LogP contribution in [0.5, 0.6) is 0 Å². The van der Waals surface area contributed by atoms with Gasteiger partial charge in [-0.15, -0.1) is 11.3 Å². The largest absolute Gasteiger partial charge is 0.351 e. The van der Waals surface area contributed by atoms with Gasteiger partial charge < -0.3 is 5.32 Å². The topological polar surface area (TPSA) is 29.1 Å². The Labute approximate surface area is 107 Å². The number of carbonyl (C=O) groups excluding carboxylic acids is 1. The van der Waals surface area contributed by atoms with Gasteiger partial charge in [-0.2, -0.15) is 11.8 Å². The summed E-state index contributed by atoms with van der Waals surface area (Å²) in [5.74, 6) is 0.0187. The number of hydrogen-bond donors (Lipinski definition) is 1. The molecule has 1 N–H and O–H groups in total. The van der Waals surface area contributed by atoms with Gasteiger partial charge in [-0.25, -0.2) is 0 Å². The molecule has 2 nitrogen and oxygen atoms in total. The molecule has 84 valence electrons. The molecule has 1 aromatic heterocycles. The summed E-state index contributed by atoms with van der Waals surface area (Å²) in [6, 6.07) is 1.89. The Kier molecular flexibility index (Phi) is 5.71. The van der Waals surface area contributed by atoms with E-state index in [1.807, 2.05) is 23.2 Å². The van der Waals surface area contributed by atoms with Gasteiger partial charge in [-0.3, -0.25) is 4.79 Å². The molecule has 0 aromatic carbocycles. The molecule has 1 heterocycles. The maximum atomic E-state index is 11.7. The van der Waals surface area contributed by atoms with Crippen LogP contribution < -0.4 is 5.32 Å². The van der Waals surface area contributed by atoms with Crippen molar-refractivity contribution < 1.29 is 4.79 Å². The van der Waals surface area contributed by atoms with Crippen LogP contribution in [0.15, 0.2) is 15.9 Å². The number of thioether (sulfide) groups is 1. The fourth-order valence-electron chi connectivity index (χ4n) is 1.04. The van der Waals surface area contributed by atoms with Crippen LogP contribution >= 0.6 is 39.0 Å². The second-order valence-corrected chi connectivity index (χ2v) is 6.24. The van der Waals surface area contributed by atoms with E-state index in [1.165, 1.54) is 11.3 Å². The first-order valence-electron chi connectivity index (χ1n) is 4.69. The lowest BCUT2D eigenvalue weighted by atomic mass is 10.3. The van der Waals surface area contributed by atoms with Crippen molar-refractivity contribution >= 4 is 44.9 Å². The standard InChI is InChI=1S/C10H14BrNOS2/c1-7(14-2)3-5-12-10(13)9-8(11)4-6-15-9/h4,6-7H,3,5H2,1-2H3,(H,12,13). The normalized spacial score (nSPS) is 12.5. The molecule has 0 bridgehead atoms. The summed E-state index contributed by atoms with van der Waals surface area (Å²) in [6.07, 6.45) is 3.10. The van der Waals surface area contributed by atoms with Crippen molar-refractivity contribution in [2.75, 3.05) is 12.8 Å². The van der Waals surface area contributed by atoms with Gasteiger partial charge in [-0.1, -0.05) is 6.92 Å². The molecule has 1 aromatic rings. The Morgan fingerprint density at radius 2 is 2.47 bits per heavy atom. The van der Waals surface area contributed by atoms with E-state index in [4.69, 9.17) is 0 Å². The van der Waals surface area contributed by atoms with Crippen LogP contribution in [0.2, 0.25) is 0 Å². The Bertz CT molecular complexity index is 327. The highest BCUT2D eigenvalue weighted by molar-refractivity contribution is 9.10. The molecule has 0 aliphatic rings. The maximum absolute atomic E-state index is 11.7. The second-order valence-electron chi connectivity index (χ2n) is 3.19. The molecular weight excluding hydrogens is 294 g/mol. The highest BCUT2D eigenvalue weighted by Crippen LogP contribution is 2.22. The van der Waals surface area contributed by atoms with Crippen molar-refractivity contribution in [3.8, 4) is 0 Å². The van der Waals surface area contributed by atoms with Crippen LogP contribution in [-0.2, 0) is 0 Å².